The molecule has 25 heteroatoms. The fraction of sp³-hybridized carbons (Fsp3) is 0.533. The van der Waals surface area contributed by atoms with Gasteiger partial charge in [0.2, 0.25) is 18.6 Å². The number of carbonyl (C=O) groups is 6. The third-order valence-corrected chi connectivity index (χ3v) is 17.1. The normalized spacial score (nSPS) is 18.2. The number of hydrogen-bond acceptors (Lipinski definition) is 21. The largest absolute Gasteiger partial charge is 0.504 e. The highest BCUT2D eigenvalue weighted by Gasteiger charge is 2.50. The minimum atomic E-state index is -0.985. The number of nitrogens with zero attached hydrogens (tertiary/aromatic N) is 4. The van der Waals surface area contributed by atoms with Crippen molar-refractivity contribution in [3.8, 4) is 34.5 Å². The molecule has 4 aliphatic rings. The molecule has 5 heterocycles. The van der Waals surface area contributed by atoms with Crippen LogP contribution in [0.4, 0.5) is 0 Å². The van der Waals surface area contributed by atoms with Gasteiger partial charge in [-0.05, 0) is 81.1 Å². The van der Waals surface area contributed by atoms with Gasteiger partial charge in [-0.15, -0.1) is 11.8 Å². The summed E-state index contributed by atoms with van der Waals surface area (Å²) >= 11 is 1.62. The molecule has 0 aliphatic carbocycles. The number of carbonyl (C=O) groups excluding carboxylic acids is 6. The van der Waals surface area contributed by atoms with Crippen molar-refractivity contribution < 1.29 is 86.3 Å². The van der Waals surface area contributed by atoms with Gasteiger partial charge in [-0.3, -0.25) is 43.5 Å². The molecule has 4 N–H and O–H groups in total. The summed E-state index contributed by atoms with van der Waals surface area (Å²) in [6.07, 6.45) is 2.15. The number of aryl methyl sites for hydroxylation is 1. The van der Waals surface area contributed by atoms with E-state index >= 15 is 0 Å². The van der Waals surface area contributed by atoms with E-state index in [0.29, 0.717) is 91.4 Å². The highest BCUT2D eigenvalue weighted by atomic mass is 32.2. The van der Waals surface area contributed by atoms with Gasteiger partial charge in [0.1, 0.15) is 24.3 Å². The first-order valence-corrected chi connectivity index (χ1v) is 29.4. The van der Waals surface area contributed by atoms with Crippen molar-refractivity contribution in [1.29, 1.82) is 0 Å². The second-order valence-corrected chi connectivity index (χ2v) is 22.2. The smallest absolute Gasteiger partial charge is 0.325 e. The first kappa shape index (κ1) is 64.0. The van der Waals surface area contributed by atoms with E-state index in [1.807, 2.05) is 52.1 Å². The monoisotopic (exact) mass is 1200 g/mol. The number of aromatic nitrogens is 1. The molecule has 0 bridgehead atoms. The van der Waals surface area contributed by atoms with Crippen LogP contribution >= 0.6 is 11.8 Å². The van der Waals surface area contributed by atoms with E-state index in [1.165, 1.54) is 38.2 Å². The Morgan fingerprint density at radius 1 is 0.859 bits per heavy atom. The van der Waals surface area contributed by atoms with E-state index in [1.54, 1.807) is 18.9 Å². The Bertz CT molecular complexity index is 3100. The van der Waals surface area contributed by atoms with Gasteiger partial charge in [-0.2, -0.15) is 0 Å². The number of aliphatic hydroxyl groups excluding tert-OH is 1. The number of thioether (sulfide) groups is 1. The molecule has 4 atom stereocenters. The molecule has 2 unspecified atom stereocenters. The molecule has 85 heavy (non-hydrogen) atoms. The molecule has 1 saturated heterocycles. The van der Waals surface area contributed by atoms with Crippen LogP contribution in [-0.2, 0) is 77.6 Å². The van der Waals surface area contributed by atoms with Gasteiger partial charge in [0, 0.05) is 103 Å². The zero-order valence-electron chi connectivity index (χ0n) is 49.5. The van der Waals surface area contributed by atoms with Crippen LogP contribution in [0.2, 0.25) is 0 Å². The SMILES string of the molecule is COC(=O)CN(CCc1c(CS[C@@H]2c3c(c4c(c(C)c3OC(C)=O)OCO4)CN3C2CN(C)[C@@H](Cc2cc(C)c(OC)c(O)c2C)C3O)[nH]c2ccc(OC)cc12)C(=O)CCOCCOCCOCCOCCNC(=O)CCN1C(=O)C=CC1=O. The second kappa shape index (κ2) is 29.9. The summed E-state index contributed by atoms with van der Waals surface area (Å²) < 4.78 is 56.9. The molecule has 1 fully saturated rings. The predicted molar refractivity (Wildman–Crippen MR) is 311 cm³/mol. The lowest BCUT2D eigenvalue weighted by Crippen LogP contribution is -2.65. The van der Waals surface area contributed by atoms with Crippen molar-refractivity contribution in [1.82, 2.24) is 29.9 Å². The molecule has 4 aliphatic heterocycles. The maximum Gasteiger partial charge on any atom is 0.325 e. The second-order valence-electron chi connectivity index (χ2n) is 21.1. The number of fused-ring (bicyclic) bond motifs is 5. The summed E-state index contributed by atoms with van der Waals surface area (Å²) in [6.45, 7) is 9.94. The lowest BCUT2D eigenvalue weighted by Gasteiger charge is -2.53. The third-order valence-electron chi connectivity index (χ3n) is 15.7. The molecule has 1 aromatic heterocycles. The van der Waals surface area contributed by atoms with E-state index in [9.17, 15) is 39.0 Å². The van der Waals surface area contributed by atoms with Crippen LogP contribution in [0, 0.1) is 20.8 Å². The number of hydrogen-bond donors (Lipinski definition) is 4. The number of imide groups is 1. The third kappa shape index (κ3) is 15.4. The van der Waals surface area contributed by atoms with Crippen LogP contribution in [0.15, 0.2) is 36.4 Å². The van der Waals surface area contributed by atoms with Gasteiger partial charge >= 0.3 is 11.9 Å². The van der Waals surface area contributed by atoms with Crippen molar-refractivity contribution in [2.75, 3.05) is 121 Å². The van der Waals surface area contributed by atoms with Crippen molar-refractivity contribution in [2.24, 2.45) is 0 Å². The maximum atomic E-state index is 13.9. The number of benzene rings is 3. The Labute approximate surface area is 498 Å². The number of likely N-dealkylation sites (N-methyl/N-ethyl adjacent to an activating group) is 1. The summed E-state index contributed by atoms with van der Waals surface area (Å²) in [6, 6.07) is 7.06. The minimum Gasteiger partial charge on any atom is -0.504 e. The van der Waals surface area contributed by atoms with Gasteiger partial charge in [-0.1, -0.05) is 6.07 Å². The number of H-pyrrole nitrogens is 1. The molecule has 8 rings (SSSR count). The lowest BCUT2D eigenvalue weighted by molar-refractivity contribution is -0.147. The average molecular weight is 1200 g/mol. The summed E-state index contributed by atoms with van der Waals surface area (Å²) in [7, 11) is 6.39. The van der Waals surface area contributed by atoms with Crippen LogP contribution < -0.4 is 29.0 Å². The number of methoxy groups -OCH3 is 3. The standard InChI is InChI=1S/C60H78N6O18S/c1-35-27-39(36(2)54(73)55(35)77-8)28-46-60(74)66-30-43-53(56(84-38(4)67)37(3)57-58(43)83-34-82-57)59(47(66)31-63(46)5)85-33-45-41(42-29-40(75-6)9-10-44(42)62-45)13-17-64(32-52(72)76-7)49(69)15-19-78-21-23-80-25-26-81-24-22-79-20-16-61-48(68)14-18-65-50(70)11-12-51(65)71/h9-12,27,29,46-47,59-60,62,73-74H,13-26,28,30-34H2,1-8H3,(H,61,68)/t46-,47?,59-,60?/m0/s1. The fourth-order valence-corrected chi connectivity index (χ4v) is 12.7. The van der Waals surface area contributed by atoms with Crippen molar-refractivity contribution in [3.63, 3.8) is 0 Å². The number of aromatic hydroxyl groups is 1. The Kier molecular flexibility index (Phi) is 22.5. The topological polar surface area (TPSA) is 276 Å². The van der Waals surface area contributed by atoms with Crippen LogP contribution in [0.25, 0.3) is 10.9 Å². The van der Waals surface area contributed by atoms with Crippen LogP contribution in [0.3, 0.4) is 0 Å². The Balaban J connectivity index is 0.888. The molecule has 0 radical (unpaired) electrons. The summed E-state index contributed by atoms with van der Waals surface area (Å²) in [5, 5.41) is 26.9. The summed E-state index contributed by atoms with van der Waals surface area (Å²) in [4.78, 5) is 85.3. The van der Waals surface area contributed by atoms with E-state index in [4.69, 9.17) is 47.4 Å². The van der Waals surface area contributed by atoms with Crippen LogP contribution in [-0.4, -0.2) is 209 Å². The van der Waals surface area contributed by atoms with E-state index in [0.717, 1.165) is 49.3 Å². The number of ether oxygens (including phenoxy) is 10. The highest BCUT2D eigenvalue weighted by molar-refractivity contribution is 7.98. The maximum absolute atomic E-state index is 13.9. The van der Waals surface area contributed by atoms with Crippen LogP contribution in [0.5, 0.6) is 34.5 Å². The van der Waals surface area contributed by atoms with Gasteiger partial charge in [0.25, 0.3) is 11.8 Å². The molecule has 0 spiro atoms. The van der Waals surface area contributed by atoms with Crippen molar-refractivity contribution >= 4 is 58.2 Å². The number of nitrogens with one attached hydrogen (secondary N) is 2. The number of rotatable bonds is 31. The number of amides is 4. The molecule has 4 amide bonds. The fourth-order valence-electron chi connectivity index (χ4n) is 11.3. The first-order valence-electron chi connectivity index (χ1n) is 28.3. The molecule has 0 saturated carbocycles. The Morgan fingerprint density at radius 2 is 1.54 bits per heavy atom. The van der Waals surface area contributed by atoms with Gasteiger partial charge in [0.05, 0.1) is 91.9 Å². The number of aromatic amines is 1. The number of phenols is 1. The molecular formula is C60H78N6O18S. The highest BCUT2D eigenvalue weighted by Crippen LogP contribution is 2.56. The zero-order chi connectivity index (χ0) is 60.9. The van der Waals surface area contributed by atoms with Crippen molar-refractivity contribution in [3.05, 3.63) is 81.1 Å². The van der Waals surface area contributed by atoms with Gasteiger partial charge in [-0.25, -0.2) is 0 Å². The van der Waals surface area contributed by atoms with Crippen molar-refractivity contribution in [2.45, 2.75) is 89.2 Å². The Hall–Kier alpha value is -6.97. The molecule has 462 valence electrons. The number of esters is 2. The van der Waals surface area contributed by atoms with Gasteiger partial charge in [0.15, 0.2) is 23.0 Å². The van der Waals surface area contributed by atoms with Crippen LogP contribution in [0.1, 0.15) is 69.7 Å². The molecular weight excluding hydrogens is 1120 g/mol. The number of piperazine rings is 1. The van der Waals surface area contributed by atoms with E-state index in [2.05, 4.69) is 20.1 Å². The predicted octanol–water partition coefficient (Wildman–Crippen LogP) is 3.94. The van der Waals surface area contributed by atoms with E-state index < -0.39 is 35.2 Å². The summed E-state index contributed by atoms with van der Waals surface area (Å²) in [5.41, 5.74) is 7.12. The number of aliphatic hydroxyl groups is 1. The molecule has 24 nitrogen and oxygen atoms in total. The van der Waals surface area contributed by atoms with E-state index in [-0.39, 0.29) is 108 Å². The number of phenolic OH excluding ortho intramolecular Hbond substituents is 1. The average Bonchev–Trinajstić information content (AvgIpc) is 1.99. The minimum absolute atomic E-state index is 0.00295. The quantitative estimate of drug-likeness (QED) is 0.0240. The first-order chi connectivity index (χ1) is 40.9. The Morgan fingerprint density at radius 3 is 2.21 bits per heavy atom. The molecule has 4 aromatic rings. The zero-order valence-corrected chi connectivity index (χ0v) is 50.4. The van der Waals surface area contributed by atoms with Gasteiger partial charge < -0.3 is 72.8 Å². The summed E-state index contributed by atoms with van der Waals surface area (Å²) in [5.74, 6) is 0.420. The lowest BCUT2D eigenvalue weighted by atomic mass is 9.85. The molecule has 3 aromatic carbocycles.